The Morgan fingerprint density at radius 3 is 1.92 bits per heavy atom. The predicted molar refractivity (Wildman–Crippen MR) is 213 cm³/mol. The van der Waals surface area contributed by atoms with Crippen LogP contribution in [0.4, 0.5) is 19.2 Å². The Morgan fingerprint density at radius 2 is 1.40 bits per heavy atom. The van der Waals surface area contributed by atoms with Crippen LogP contribution in [0, 0.1) is 10.8 Å². The van der Waals surface area contributed by atoms with Crippen LogP contribution in [0.5, 0.6) is 0 Å². The lowest BCUT2D eigenvalue weighted by atomic mass is 9.62. The monoisotopic (exact) mass is 878 g/mol. The first-order valence-electron chi connectivity index (χ1n) is 19.4. The fourth-order valence-corrected chi connectivity index (χ4v) is 7.84. The molecule has 340 valence electrons. The van der Waals surface area contributed by atoms with E-state index in [1.807, 2.05) is 20.8 Å². The van der Waals surface area contributed by atoms with Crippen molar-refractivity contribution in [1.29, 1.82) is 0 Å². The van der Waals surface area contributed by atoms with Crippen molar-refractivity contribution in [2.75, 3.05) is 71.8 Å². The summed E-state index contributed by atoms with van der Waals surface area (Å²) in [5.41, 5.74) is -3.67. The van der Waals surface area contributed by atoms with Crippen LogP contribution >= 0.6 is 0 Å². The van der Waals surface area contributed by atoms with Gasteiger partial charge in [-0.3, -0.25) is 4.55 Å². The molecule has 25 heteroatoms. The molecule has 1 aliphatic carbocycles. The van der Waals surface area contributed by atoms with Crippen molar-refractivity contribution in [1.82, 2.24) is 35.0 Å². The van der Waals surface area contributed by atoms with Crippen molar-refractivity contribution >= 4 is 40.6 Å². The van der Waals surface area contributed by atoms with E-state index < -0.39 is 75.4 Å². The van der Waals surface area contributed by atoms with Gasteiger partial charge in [0.15, 0.2) is 0 Å². The molecule has 1 aromatic rings. The minimum atomic E-state index is -4.27. The third-order valence-corrected chi connectivity index (χ3v) is 10.5. The highest BCUT2D eigenvalue weighted by Gasteiger charge is 2.42. The maximum Gasteiger partial charge on any atom is 0.407 e. The van der Waals surface area contributed by atoms with Crippen molar-refractivity contribution < 1.29 is 60.7 Å². The standard InChI is InChI=1S/C35H59N9O15S/c1-25(2)59-29(49)38-10-13-43-32(52)41(11-8-36-24-45)31(51)42(33(43)53)12-9-37-28(48)57-17-15-44(6,14-7-19-60(54,55)56)16-18-58-30(50)40-26-20-34(3,4)22-35(5,21-26)23-39-27(46)47/h25-26,39H,7-23H2,1-6H3,(H4-,37,38,40,46,47,48,49,50,54,55,56)/p+1. The maximum absolute atomic E-state index is 13.2. The van der Waals surface area contributed by atoms with Crippen molar-refractivity contribution in [3.05, 3.63) is 31.5 Å². The van der Waals surface area contributed by atoms with Crippen LogP contribution in [-0.2, 0) is 48.8 Å². The van der Waals surface area contributed by atoms with E-state index in [2.05, 4.69) is 26.3 Å². The quantitative estimate of drug-likeness (QED) is 0.0270. The third kappa shape index (κ3) is 18.3. The van der Waals surface area contributed by atoms with Gasteiger partial charge in [0.25, 0.3) is 10.1 Å². The van der Waals surface area contributed by atoms with Crippen molar-refractivity contribution in [2.45, 2.75) is 92.1 Å². The lowest BCUT2D eigenvalue weighted by Gasteiger charge is -2.46. The molecule has 24 nitrogen and oxygen atoms in total. The largest absolute Gasteiger partial charge is 0.465 e. The number of amides is 4. The first-order chi connectivity index (χ1) is 27.9. The Labute approximate surface area is 347 Å². The van der Waals surface area contributed by atoms with Crippen LogP contribution in [0.3, 0.4) is 0 Å². The number of carboxylic acid groups (broad SMARTS) is 1. The summed E-state index contributed by atoms with van der Waals surface area (Å²) >= 11 is 0. The number of isocyanates is 1. The number of hydrogen-bond donors (Lipinski definition) is 6. The molecule has 3 atom stereocenters. The summed E-state index contributed by atoms with van der Waals surface area (Å²) < 4.78 is 49.9. The number of ether oxygens (including phenoxy) is 3. The number of nitrogens with zero attached hydrogens (tertiary/aromatic N) is 5. The number of nitrogens with one attached hydrogen (secondary N) is 4. The zero-order chi connectivity index (χ0) is 45.3. The van der Waals surface area contributed by atoms with Gasteiger partial charge in [-0.2, -0.15) is 8.42 Å². The number of aromatic nitrogens is 3. The van der Waals surface area contributed by atoms with Gasteiger partial charge < -0.3 is 45.1 Å². The highest BCUT2D eigenvalue weighted by Crippen LogP contribution is 2.45. The molecule has 2 rings (SSSR count). The molecule has 0 saturated heterocycles. The molecule has 1 saturated carbocycles. The predicted octanol–water partition coefficient (Wildman–Crippen LogP) is -0.328. The lowest BCUT2D eigenvalue weighted by Crippen LogP contribution is -2.56. The third-order valence-electron chi connectivity index (χ3n) is 9.70. The fourth-order valence-electron chi connectivity index (χ4n) is 7.35. The van der Waals surface area contributed by atoms with E-state index in [0.717, 1.165) is 6.42 Å². The molecule has 0 bridgehead atoms. The van der Waals surface area contributed by atoms with Gasteiger partial charge in [-0.1, -0.05) is 20.8 Å². The molecule has 0 aromatic carbocycles. The maximum atomic E-state index is 13.2. The van der Waals surface area contributed by atoms with E-state index in [1.54, 1.807) is 20.9 Å². The zero-order valence-electron chi connectivity index (χ0n) is 35.0. The lowest BCUT2D eigenvalue weighted by molar-refractivity contribution is -0.909. The number of aliphatic imine (C=N–C) groups is 1. The van der Waals surface area contributed by atoms with Crippen LogP contribution in [0.25, 0.3) is 0 Å². The molecule has 60 heavy (non-hydrogen) atoms. The molecule has 1 aromatic heterocycles. The molecule has 1 fully saturated rings. The van der Waals surface area contributed by atoms with Crippen molar-refractivity contribution in [3.63, 3.8) is 0 Å². The number of quaternary nitrogens is 1. The summed E-state index contributed by atoms with van der Waals surface area (Å²) in [7, 11) is -2.56. The average molecular weight is 879 g/mol. The average Bonchev–Trinajstić information content (AvgIpc) is 3.10. The minimum absolute atomic E-state index is 0.0296. The Balaban J connectivity index is 2.04. The molecular weight excluding hydrogens is 818 g/mol. The van der Waals surface area contributed by atoms with Gasteiger partial charge in [-0.05, 0) is 43.9 Å². The molecule has 0 radical (unpaired) electrons. The summed E-state index contributed by atoms with van der Waals surface area (Å²) in [6, 6.07) is -0.289. The molecule has 1 heterocycles. The zero-order valence-corrected chi connectivity index (χ0v) is 35.8. The Bertz CT molecular complexity index is 1990. The van der Waals surface area contributed by atoms with E-state index in [-0.39, 0.29) is 94.5 Å². The molecular formula is C35H60N9O15S+. The van der Waals surface area contributed by atoms with Gasteiger partial charge in [0.1, 0.15) is 26.3 Å². The van der Waals surface area contributed by atoms with Crippen LogP contribution < -0.4 is 38.3 Å². The summed E-state index contributed by atoms with van der Waals surface area (Å²) in [5.74, 6) is -0.531. The summed E-state index contributed by atoms with van der Waals surface area (Å²) in [6.07, 6.45) is -0.759. The second-order valence-corrected chi connectivity index (χ2v) is 17.9. The molecule has 1 aliphatic rings. The SMILES string of the molecule is CC(C)OC(=O)NCCn1c(=O)n(CCN=C=O)c(=O)n(CCNC(=O)OCC[N+](C)(CCCS(=O)(=O)O)CCOC(=O)NC2CC(C)(C)CC(C)(CNC(=O)O)C2)c1=O. The highest BCUT2D eigenvalue weighted by atomic mass is 32.2. The van der Waals surface area contributed by atoms with Gasteiger partial charge in [-0.15, -0.1) is 0 Å². The van der Waals surface area contributed by atoms with Gasteiger partial charge in [0, 0.05) is 45.2 Å². The fraction of sp³-hybridized carbons (Fsp3) is 0.771. The smallest absolute Gasteiger partial charge is 0.407 e. The summed E-state index contributed by atoms with van der Waals surface area (Å²) in [4.78, 5) is 102. The van der Waals surface area contributed by atoms with E-state index >= 15 is 0 Å². The van der Waals surface area contributed by atoms with Crippen molar-refractivity contribution in [2.24, 2.45) is 15.8 Å². The number of carbonyl (C=O) groups is 4. The van der Waals surface area contributed by atoms with E-state index in [0.29, 0.717) is 26.5 Å². The number of rotatable bonds is 23. The topological polar surface area (TPSA) is 314 Å². The van der Waals surface area contributed by atoms with E-state index in [9.17, 15) is 51.3 Å². The Kier molecular flexibility index (Phi) is 19.4. The molecule has 0 spiro atoms. The van der Waals surface area contributed by atoms with Gasteiger partial charge in [0.05, 0.1) is 38.5 Å². The molecule has 3 unspecified atom stereocenters. The Morgan fingerprint density at radius 1 is 0.867 bits per heavy atom. The number of likely N-dealkylation sites (N-methyl/N-ethyl adjacent to an activating group) is 1. The number of alkyl carbamates (subject to hydrolysis) is 3. The number of carbonyl (C=O) groups excluding carboxylic acids is 4. The van der Waals surface area contributed by atoms with Crippen molar-refractivity contribution in [3.8, 4) is 0 Å². The second-order valence-electron chi connectivity index (χ2n) is 16.3. The van der Waals surface area contributed by atoms with Crippen LogP contribution in [0.15, 0.2) is 19.4 Å². The first kappa shape index (κ1) is 50.9. The van der Waals surface area contributed by atoms with Gasteiger partial charge in [0.2, 0.25) is 6.08 Å². The number of hydrogen-bond acceptors (Lipinski definition) is 14. The minimum Gasteiger partial charge on any atom is -0.465 e. The highest BCUT2D eigenvalue weighted by molar-refractivity contribution is 7.85. The van der Waals surface area contributed by atoms with Crippen LogP contribution in [0.1, 0.15) is 60.3 Å². The van der Waals surface area contributed by atoms with E-state index in [1.165, 1.54) is 6.08 Å². The summed E-state index contributed by atoms with van der Waals surface area (Å²) in [6.45, 7) is 7.71. The van der Waals surface area contributed by atoms with Gasteiger partial charge >= 0.3 is 41.4 Å². The first-order valence-corrected chi connectivity index (χ1v) is 21.0. The second kappa shape index (κ2) is 22.9. The van der Waals surface area contributed by atoms with Gasteiger partial charge in [-0.25, -0.2) is 57.1 Å². The summed E-state index contributed by atoms with van der Waals surface area (Å²) in [5, 5.41) is 19.2. The van der Waals surface area contributed by atoms with E-state index in [4.69, 9.17) is 19.3 Å². The normalized spacial score (nSPS) is 18.3. The van der Waals surface area contributed by atoms with Crippen LogP contribution in [0.2, 0.25) is 0 Å². The van der Waals surface area contributed by atoms with Crippen LogP contribution in [-0.4, -0.2) is 151 Å². The Hall–Kier alpha value is -5.26. The molecule has 0 aliphatic heterocycles. The molecule has 4 amide bonds. The molecule has 6 N–H and O–H groups in total.